The van der Waals surface area contributed by atoms with Gasteiger partial charge in [0.25, 0.3) is 0 Å². The minimum absolute atomic E-state index is 0.160. The molecule has 2 atom stereocenters. The van der Waals surface area contributed by atoms with Crippen LogP contribution in [0, 0.1) is 0 Å². The molecule has 0 aliphatic rings. The third kappa shape index (κ3) is 10.1. The molecule has 0 aliphatic carbocycles. The molecule has 13 nitrogen and oxygen atoms in total. The smallest absolute Gasteiger partial charge is 0.340 e. The number of nitrogens with one attached hydrogen (secondary N) is 3. The van der Waals surface area contributed by atoms with Crippen LogP contribution in [-0.4, -0.2) is 59.8 Å². The van der Waals surface area contributed by atoms with Crippen molar-refractivity contribution < 1.29 is 26.4 Å². The zero-order chi connectivity index (χ0) is 44.7. The largest absolute Gasteiger partial charge is 0.373 e. The second-order valence-corrected chi connectivity index (χ2v) is 18.7. The summed E-state index contributed by atoms with van der Waals surface area (Å²) in [6, 6.07) is 40.5. The van der Waals surface area contributed by atoms with Crippen LogP contribution in [0.5, 0.6) is 0 Å². The lowest BCUT2D eigenvalue weighted by Gasteiger charge is -2.34. The Balaban J connectivity index is 0.000000207. The molecule has 0 saturated heterocycles. The van der Waals surface area contributed by atoms with E-state index in [1.165, 1.54) is 5.56 Å². The standard InChI is InChI=1S/C26H24ClN5O2S.C18H19ClN2O2S.CO2/c1-3-26(19-12-14-20(27)15-13-19,25-28-24(29-30-25)18-8-5-4-6-9-18)32-17-16-21-22(31-35(2,33)34)10-7-11-23(21)32;1-3-17(13-7-9-14(19)10-8-13)21-12-11-15-16(20-24(2,22)23)5-4-6-18(15)21;2-1-3/h4-17,31H,3H2,1-2H3,(H,28,29,30);4-12,17,20H,3H2,1-2H3;/t26-;17-;/m11./s1. The Bertz CT molecular complexity index is 3060. The number of aromatic amines is 1. The lowest BCUT2D eigenvalue weighted by Crippen LogP contribution is -2.36. The molecule has 5 aromatic carbocycles. The van der Waals surface area contributed by atoms with Gasteiger partial charge in [0.1, 0.15) is 5.54 Å². The number of hydrogen-bond acceptors (Lipinski definition) is 8. The van der Waals surface area contributed by atoms with Crippen molar-refractivity contribution >= 4 is 82.6 Å². The summed E-state index contributed by atoms with van der Waals surface area (Å²) in [5.74, 6) is 1.27. The monoisotopic (exact) mass is 911 g/mol. The van der Waals surface area contributed by atoms with Crippen molar-refractivity contribution in [3.05, 3.63) is 167 Å². The Kier molecular flexibility index (Phi) is 14.1. The topological polar surface area (TPSA) is 178 Å². The summed E-state index contributed by atoms with van der Waals surface area (Å²) < 4.78 is 56.6. The highest BCUT2D eigenvalue weighted by Crippen LogP contribution is 2.41. The van der Waals surface area contributed by atoms with E-state index in [9.17, 15) is 16.8 Å². The first-order valence-corrected chi connectivity index (χ1v) is 23.8. The molecule has 62 heavy (non-hydrogen) atoms. The van der Waals surface area contributed by atoms with Crippen LogP contribution in [0.15, 0.2) is 140 Å². The van der Waals surface area contributed by atoms with Gasteiger partial charge >= 0.3 is 6.15 Å². The molecule has 3 N–H and O–H groups in total. The van der Waals surface area contributed by atoms with Gasteiger partial charge in [0.2, 0.25) is 20.0 Å². The van der Waals surface area contributed by atoms with E-state index >= 15 is 0 Å². The highest BCUT2D eigenvalue weighted by Gasteiger charge is 2.39. The normalized spacial score (nSPS) is 12.9. The summed E-state index contributed by atoms with van der Waals surface area (Å²) in [7, 11) is -6.76. The molecular formula is C45H43Cl2N7O6S2. The molecule has 320 valence electrons. The first-order chi connectivity index (χ1) is 29.6. The number of carbonyl (C=O) groups excluding carboxylic acids is 2. The first-order valence-electron chi connectivity index (χ1n) is 19.3. The number of halogens is 2. The lowest BCUT2D eigenvalue weighted by atomic mass is 9.85. The quantitative estimate of drug-likeness (QED) is 0.108. The van der Waals surface area contributed by atoms with E-state index < -0.39 is 25.6 Å². The molecule has 8 rings (SSSR count). The molecule has 3 heterocycles. The van der Waals surface area contributed by atoms with Gasteiger partial charge in [-0.1, -0.05) is 104 Å². The molecule has 8 aromatic rings. The molecule has 0 spiro atoms. The van der Waals surface area contributed by atoms with Gasteiger partial charge in [-0.05, 0) is 84.6 Å². The first kappa shape index (κ1) is 45.3. The number of hydrogen-bond donors (Lipinski definition) is 3. The van der Waals surface area contributed by atoms with E-state index in [0.29, 0.717) is 39.5 Å². The van der Waals surface area contributed by atoms with Crippen LogP contribution < -0.4 is 9.44 Å². The van der Waals surface area contributed by atoms with Crippen molar-refractivity contribution in [1.29, 1.82) is 0 Å². The van der Waals surface area contributed by atoms with Crippen LogP contribution in [0.2, 0.25) is 10.0 Å². The van der Waals surface area contributed by atoms with Gasteiger partial charge in [0, 0.05) is 38.8 Å². The Morgan fingerprint density at radius 3 is 1.77 bits per heavy atom. The molecular weight excluding hydrogens is 870 g/mol. The van der Waals surface area contributed by atoms with Gasteiger partial charge in [-0.25, -0.2) is 21.8 Å². The molecule has 0 radical (unpaired) electrons. The molecule has 0 aliphatic heterocycles. The average molecular weight is 913 g/mol. The number of H-pyrrole nitrogens is 1. The summed E-state index contributed by atoms with van der Waals surface area (Å²) in [5, 5.41) is 10.7. The van der Waals surface area contributed by atoms with Crippen molar-refractivity contribution in [1.82, 2.24) is 24.3 Å². The minimum Gasteiger partial charge on any atom is -0.340 e. The van der Waals surface area contributed by atoms with Crippen LogP contribution >= 0.6 is 23.2 Å². The summed E-state index contributed by atoms with van der Waals surface area (Å²) in [6.45, 7) is 4.22. The molecule has 0 fully saturated rings. The van der Waals surface area contributed by atoms with Crippen LogP contribution in [0.1, 0.15) is 49.7 Å². The Morgan fingerprint density at radius 2 is 1.23 bits per heavy atom. The summed E-state index contributed by atoms with van der Waals surface area (Å²) in [4.78, 5) is 21.2. The number of fused-ring (bicyclic) bond motifs is 2. The second kappa shape index (κ2) is 19.2. The highest BCUT2D eigenvalue weighted by atomic mass is 35.5. The zero-order valence-electron chi connectivity index (χ0n) is 34.1. The fraction of sp³-hybridized carbons (Fsp3) is 0.178. The van der Waals surface area contributed by atoms with E-state index in [1.807, 2.05) is 128 Å². The summed E-state index contributed by atoms with van der Waals surface area (Å²) in [6.07, 6.45) is 8.07. The van der Waals surface area contributed by atoms with Gasteiger partial charge in [-0.2, -0.15) is 14.7 Å². The van der Waals surface area contributed by atoms with Crippen molar-refractivity contribution in [3.8, 4) is 11.4 Å². The Labute approximate surface area is 369 Å². The van der Waals surface area contributed by atoms with Gasteiger partial charge in [0.15, 0.2) is 11.6 Å². The predicted molar refractivity (Wildman–Crippen MR) is 245 cm³/mol. The Morgan fingerprint density at radius 1 is 0.694 bits per heavy atom. The number of aromatic nitrogens is 5. The fourth-order valence-electron chi connectivity index (χ4n) is 7.64. The molecule has 3 aromatic heterocycles. The third-order valence-corrected chi connectivity index (χ3v) is 11.9. The van der Waals surface area contributed by atoms with Crippen molar-refractivity contribution in [2.45, 2.75) is 38.3 Å². The summed E-state index contributed by atoms with van der Waals surface area (Å²) >= 11 is 12.2. The SMILES string of the molecule is CC[C@@](c1ccc(Cl)cc1)(c1nc(-c2ccccc2)n[nH]1)n1ccc2c(NS(C)(=O)=O)cccc21.CC[C@H](c1ccc(Cl)cc1)n1ccc2c(NS(C)(=O)=O)cccc21.O=C=O. The molecule has 0 saturated carbocycles. The molecule has 0 unspecified atom stereocenters. The number of sulfonamides is 2. The predicted octanol–water partition coefficient (Wildman–Crippen LogP) is 9.74. The lowest BCUT2D eigenvalue weighted by molar-refractivity contribution is -0.191. The van der Waals surface area contributed by atoms with Crippen LogP contribution in [0.3, 0.4) is 0 Å². The molecule has 17 heteroatoms. The maximum Gasteiger partial charge on any atom is 0.373 e. The number of benzene rings is 5. The van der Waals surface area contributed by atoms with Gasteiger partial charge in [-0.3, -0.25) is 14.5 Å². The highest BCUT2D eigenvalue weighted by molar-refractivity contribution is 7.92. The minimum atomic E-state index is -3.44. The van der Waals surface area contributed by atoms with Gasteiger partial charge < -0.3 is 9.13 Å². The number of nitrogens with zero attached hydrogens (tertiary/aromatic N) is 4. The molecule has 0 bridgehead atoms. The number of anilines is 2. The van der Waals surface area contributed by atoms with E-state index in [2.05, 4.69) is 42.6 Å². The maximum atomic E-state index is 12.0. The van der Waals surface area contributed by atoms with E-state index in [1.54, 1.807) is 12.1 Å². The number of rotatable bonds is 12. The van der Waals surface area contributed by atoms with E-state index in [4.69, 9.17) is 37.8 Å². The van der Waals surface area contributed by atoms with Gasteiger partial charge in [0.05, 0.1) is 41.0 Å². The van der Waals surface area contributed by atoms with Gasteiger partial charge in [-0.15, -0.1) is 0 Å². The third-order valence-electron chi connectivity index (χ3n) is 10.2. The summed E-state index contributed by atoms with van der Waals surface area (Å²) in [5.41, 5.74) is 5.26. The van der Waals surface area contributed by atoms with Crippen molar-refractivity contribution in [3.63, 3.8) is 0 Å². The van der Waals surface area contributed by atoms with Crippen LogP contribution in [-0.2, 0) is 35.2 Å². The van der Waals surface area contributed by atoms with Crippen LogP contribution in [0.4, 0.5) is 11.4 Å². The second-order valence-electron chi connectivity index (χ2n) is 14.3. The molecule has 0 amide bonds. The van der Waals surface area contributed by atoms with E-state index in [0.717, 1.165) is 51.9 Å². The van der Waals surface area contributed by atoms with Crippen LogP contribution in [0.25, 0.3) is 33.2 Å². The van der Waals surface area contributed by atoms with Crippen molar-refractivity contribution in [2.24, 2.45) is 0 Å². The fourth-order valence-corrected chi connectivity index (χ4v) is 9.04. The Hall–Kier alpha value is -6.22. The van der Waals surface area contributed by atoms with Crippen molar-refractivity contribution in [2.75, 3.05) is 22.0 Å². The average Bonchev–Trinajstić information content (AvgIpc) is 4.01. The van der Waals surface area contributed by atoms with E-state index in [-0.39, 0.29) is 12.2 Å². The maximum absolute atomic E-state index is 12.0. The zero-order valence-corrected chi connectivity index (χ0v) is 37.2.